The molecule has 0 radical (unpaired) electrons. The highest BCUT2D eigenvalue weighted by Gasteiger charge is 2.25. The molecule has 1 atom stereocenters. The average Bonchev–Trinajstić information content (AvgIpc) is 2.95. The first-order valence-electron chi connectivity index (χ1n) is 7.21. The summed E-state index contributed by atoms with van der Waals surface area (Å²) in [7, 11) is 0. The van der Waals surface area contributed by atoms with Crippen LogP contribution < -0.4 is 5.32 Å². The molecule has 0 aliphatic rings. The first-order chi connectivity index (χ1) is 9.85. The van der Waals surface area contributed by atoms with Gasteiger partial charge >= 0.3 is 0 Å². The fourth-order valence-electron chi connectivity index (χ4n) is 2.06. The van der Waals surface area contributed by atoms with Gasteiger partial charge in [0.2, 0.25) is 0 Å². The summed E-state index contributed by atoms with van der Waals surface area (Å²) in [6.45, 7) is 9.23. The summed E-state index contributed by atoms with van der Waals surface area (Å²) in [5.41, 5.74) is 1.83. The molecule has 3 nitrogen and oxygen atoms in total. The van der Waals surface area contributed by atoms with E-state index in [9.17, 15) is 5.11 Å². The maximum absolute atomic E-state index is 9.77. The molecule has 0 saturated carbocycles. The van der Waals surface area contributed by atoms with Gasteiger partial charge in [-0.15, -0.1) is 11.3 Å². The minimum Gasteiger partial charge on any atom is -0.394 e. The Morgan fingerprint density at radius 1 is 1.14 bits per heavy atom. The van der Waals surface area contributed by atoms with E-state index in [2.05, 4.69) is 36.5 Å². The number of thiazole rings is 1. The zero-order valence-corrected chi connectivity index (χ0v) is 14.0. The number of nitrogens with one attached hydrogen (secondary N) is 1. The molecule has 0 saturated heterocycles. The second kappa shape index (κ2) is 6.26. The fourth-order valence-corrected chi connectivity index (χ4v) is 3.02. The second-order valence-electron chi connectivity index (χ2n) is 6.59. The number of hydrogen-bond donors (Lipinski definition) is 2. The van der Waals surface area contributed by atoms with Gasteiger partial charge in [0.15, 0.2) is 0 Å². The highest BCUT2D eigenvalue weighted by atomic mass is 32.1. The van der Waals surface area contributed by atoms with E-state index in [1.54, 1.807) is 11.3 Å². The normalized spacial score (nSPS) is 14.9. The van der Waals surface area contributed by atoms with Crippen molar-refractivity contribution in [1.29, 1.82) is 0 Å². The van der Waals surface area contributed by atoms with Crippen molar-refractivity contribution in [1.82, 2.24) is 10.3 Å². The van der Waals surface area contributed by atoms with Crippen LogP contribution in [-0.2, 0) is 17.5 Å². The Hall–Kier alpha value is -1.23. The molecule has 1 aromatic carbocycles. The van der Waals surface area contributed by atoms with Gasteiger partial charge in [-0.1, -0.05) is 51.1 Å². The molecule has 0 bridgehead atoms. The van der Waals surface area contributed by atoms with Crippen LogP contribution in [0.3, 0.4) is 0 Å². The van der Waals surface area contributed by atoms with Crippen LogP contribution in [-0.4, -0.2) is 16.7 Å². The van der Waals surface area contributed by atoms with Crippen molar-refractivity contribution in [2.24, 2.45) is 0 Å². The Bertz CT molecular complexity index is 574. The summed E-state index contributed by atoms with van der Waals surface area (Å²) < 4.78 is 0. The predicted octanol–water partition coefficient (Wildman–Crippen LogP) is 3.44. The highest BCUT2D eigenvalue weighted by molar-refractivity contribution is 7.09. The molecule has 0 spiro atoms. The molecule has 0 aliphatic heterocycles. The maximum atomic E-state index is 9.77. The van der Waals surface area contributed by atoms with Gasteiger partial charge in [0.25, 0.3) is 0 Å². The molecule has 2 rings (SSSR count). The fraction of sp³-hybridized carbons (Fsp3) is 0.471. The molecule has 4 heteroatoms. The molecular weight excluding hydrogens is 280 g/mol. The van der Waals surface area contributed by atoms with Gasteiger partial charge in [-0.2, -0.15) is 0 Å². The van der Waals surface area contributed by atoms with Crippen LogP contribution in [0.25, 0.3) is 0 Å². The first-order valence-corrected chi connectivity index (χ1v) is 8.09. The zero-order chi connectivity index (χ0) is 15.5. The van der Waals surface area contributed by atoms with Gasteiger partial charge in [0.05, 0.1) is 17.8 Å². The number of aliphatic hydroxyl groups excluding tert-OH is 1. The van der Waals surface area contributed by atoms with Crippen molar-refractivity contribution in [3.63, 3.8) is 0 Å². The molecule has 114 valence electrons. The molecule has 0 fully saturated rings. The van der Waals surface area contributed by atoms with Crippen LogP contribution >= 0.6 is 11.3 Å². The van der Waals surface area contributed by atoms with Crippen LogP contribution in [0, 0.1) is 0 Å². The number of aromatic nitrogens is 1. The SMILES string of the molecule is CC(C)(C)c1csc(CNC(C)(CO)c2ccccc2)n1. The van der Waals surface area contributed by atoms with Crippen LogP contribution in [0.4, 0.5) is 0 Å². The Morgan fingerprint density at radius 2 is 1.81 bits per heavy atom. The van der Waals surface area contributed by atoms with Crippen LogP contribution in [0.1, 0.15) is 44.0 Å². The third-order valence-electron chi connectivity index (χ3n) is 3.68. The molecule has 2 N–H and O–H groups in total. The van der Waals surface area contributed by atoms with E-state index < -0.39 is 5.54 Å². The summed E-state index contributed by atoms with van der Waals surface area (Å²) in [5, 5.41) is 16.4. The maximum Gasteiger partial charge on any atom is 0.107 e. The van der Waals surface area contributed by atoms with E-state index in [1.807, 2.05) is 37.3 Å². The number of hydrogen-bond acceptors (Lipinski definition) is 4. The summed E-state index contributed by atoms with van der Waals surface area (Å²) in [4.78, 5) is 4.69. The van der Waals surface area contributed by atoms with E-state index in [-0.39, 0.29) is 12.0 Å². The van der Waals surface area contributed by atoms with Gasteiger partial charge in [-0.3, -0.25) is 5.32 Å². The molecular formula is C17H24N2OS. The van der Waals surface area contributed by atoms with Crippen molar-refractivity contribution in [2.45, 2.75) is 45.2 Å². The van der Waals surface area contributed by atoms with Gasteiger partial charge in [-0.25, -0.2) is 4.98 Å². The molecule has 1 unspecified atom stereocenters. The van der Waals surface area contributed by atoms with Crippen LogP contribution in [0.5, 0.6) is 0 Å². The van der Waals surface area contributed by atoms with Crippen molar-refractivity contribution < 1.29 is 5.11 Å². The number of benzene rings is 1. The van der Waals surface area contributed by atoms with Crippen molar-refractivity contribution >= 4 is 11.3 Å². The topological polar surface area (TPSA) is 45.1 Å². The van der Waals surface area contributed by atoms with E-state index in [1.165, 1.54) is 0 Å². The smallest absolute Gasteiger partial charge is 0.107 e. The Kier molecular flexibility index (Phi) is 4.81. The largest absolute Gasteiger partial charge is 0.394 e. The monoisotopic (exact) mass is 304 g/mol. The molecule has 1 heterocycles. The van der Waals surface area contributed by atoms with Gasteiger partial charge < -0.3 is 5.11 Å². The van der Waals surface area contributed by atoms with Crippen LogP contribution in [0.2, 0.25) is 0 Å². The second-order valence-corrected chi connectivity index (χ2v) is 7.53. The lowest BCUT2D eigenvalue weighted by Crippen LogP contribution is -2.42. The third-order valence-corrected chi connectivity index (χ3v) is 4.53. The summed E-state index contributed by atoms with van der Waals surface area (Å²) >= 11 is 1.67. The molecule has 0 aliphatic carbocycles. The summed E-state index contributed by atoms with van der Waals surface area (Å²) in [6, 6.07) is 10.0. The number of aliphatic hydroxyl groups is 1. The van der Waals surface area contributed by atoms with Gasteiger partial charge in [-0.05, 0) is 12.5 Å². The summed E-state index contributed by atoms with van der Waals surface area (Å²) in [6.07, 6.45) is 0. The minimum absolute atomic E-state index is 0.0501. The first kappa shape index (κ1) is 16.1. The lowest BCUT2D eigenvalue weighted by molar-refractivity contribution is 0.173. The molecule has 1 aromatic heterocycles. The molecule has 2 aromatic rings. The van der Waals surface area contributed by atoms with Gasteiger partial charge in [0, 0.05) is 17.3 Å². The lowest BCUT2D eigenvalue weighted by atomic mass is 9.93. The number of nitrogens with zero attached hydrogens (tertiary/aromatic N) is 1. The van der Waals surface area contributed by atoms with E-state index >= 15 is 0 Å². The minimum atomic E-state index is -0.450. The van der Waals surface area contributed by atoms with Crippen molar-refractivity contribution in [2.75, 3.05) is 6.61 Å². The quantitative estimate of drug-likeness (QED) is 0.889. The summed E-state index contributed by atoms with van der Waals surface area (Å²) in [5.74, 6) is 0. The molecule has 21 heavy (non-hydrogen) atoms. The highest BCUT2D eigenvalue weighted by Crippen LogP contribution is 2.25. The predicted molar refractivity (Wildman–Crippen MR) is 88.5 cm³/mol. The Balaban J connectivity index is 2.09. The lowest BCUT2D eigenvalue weighted by Gasteiger charge is -2.29. The molecule has 0 amide bonds. The van der Waals surface area contributed by atoms with Gasteiger partial charge in [0.1, 0.15) is 5.01 Å². The zero-order valence-electron chi connectivity index (χ0n) is 13.2. The standard InChI is InChI=1S/C17H24N2OS/c1-16(2,3)14-11-21-15(19-14)10-18-17(4,12-20)13-8-6-5-7-9-13/h5-9,11,18,20H,10,12H2,1-4H3. The van der Waals surface area contributed by atoms with Crippen LogP contribution in [0.15, 0.2) is 35.7 Å². The number of rotatable bonds is 5. The van der Waals surface area contributed by atoms with Crippen molar-refractivity contribution in [3.05, 3.63) is 52.0 Å². The average molecular weight is 304 g/mol. The van der Waals surface area contributed by atoms with E-state index in [0.717, 1.165) is 16.3 Å². The van der Waals surface area contributed by atoms with E-state index in [4.69, 9.17) is 0 Å². The Morgan fingerprint density at radius 3 is 2.33 bits per heavy atom. The van der Waals surface area contributed by atoms with Crippen molar-refractivity contribution in [3.8, 4) is 0 Å². The Labute approximate surface area is 131 Å². The third kappa shape index (κ3) is 3.90. The van der Waals surface area contributed by atoms with E-state index in [0.29, 0.717) is 6.54 Å².